The van der Waals surface area contributed by atoms with E-state index in [0.29, 0.717) is 0 Å². The molecule has 15 heavy (non-hydrogen) atoms. The summed E-state index contributed by atoms with van der Waals surface area (Å²) < 4.78 is 0. The predicted octanol–water partition coefficient (Wildman–Crippen LogP) is 2.59. The third kappa shape index (κ3) is 2.07. The third-order valence-electron chi connectivity index (χ3n) is 4.77. The predicted molar refractivity (Wildman–Crippen MR) is 62.6 cm³/mol. The second kappa shape index (κ2) is 4.06. The molecule has 0 unspecified atom stereocenters. The van der Waals surface area contributed by atoms with Gasteiger partial charge in [0, 0.05) is 5.54 Å². The maximum Gasteiger partial charge on any atom is 0.0826 e. The Labute approximate surface area is 93.2 Å². The molecular formula is C13H25NO. The van der Waals surface area contributed by atoms with Gasteiger partial charge in [-0.3, -0.25) is 0 Å². The fraction of sp³-hybridized carbons (Fsp3) is 1.00. The van der Waals surface area contributed by atoms with E-state index in [-0.39, 0.29) is 5.54 Å². The minimum atomic E-state index is -0.556. The van der Waals surface area contributed by atoms with Gasteiger partial charge in [-0.05, 0) is 44.4 Å². The van der Waals surface area contributed by atoms with Crippen molar-refractivity contribution in [1.82, 2.24) is 0 Å². The van der Waals surface area contributed by atoms with Crippen LogP contribution in [0.4, 0.5) is 0 Å². The molecule has 0 aromatic rings. The van der Waals surface area contributed by atoms with Crippen LogP contribution in [0.5, 0.6) is 0 Å². The molecule has 0 radical (unpaired) electrons. The van der Waals surface area contributed by atoms with Crippen LogP contribution < -0.4 is 5.73 Å². The van der Waals surface area contributed by atoms with E-state index >= 15 is 0 Å². The summed E-state index contributed by atoms with van der Waals surface area (Å²) in [5, 5.41) is 10.7. The first kappa shape index (κ1) is 11.4. The summed E-state index contributed by atoms with van der Waals surface area (Å²) >= 11 is 0. The summed E-state index contributed by atoms with van der Waals surface area (Å²) in [6.45, 7) is 2.28. The van der Waals surface area contributed by atoms with Gasteiger partial charge in [0.2, 0.25) is 0 Å². The SMILES string of the molecule is CC1CCC(O)(C2(N)CCCCC2)CC1. The zero-order valence-electron chi connectivity index (χ0n) is 9.97. The van der Waals surface area contributed by atoms with Gasteiger partial charge in [-0.1, -0.05) is 26.2 Å². The van der Waals surface area contributed by atoms with Gasteiger partial charge in [-0.15, -0.1) is 0 Å². The Kier molecular flexibility index (Phi) is 3.09. The quantitative estimate of drug-likeness (QED) is 0.700. The molecule has 0 aromatic carbocycles. The van der Waals surface area contributed by atoms with Gasteiger partial charge >= 0.3 is 0 Å². The average molecular weight is 211 g/mol. The minimum absolute atomic E-state index is 0.272. The van der Waals surface area contributed by atoms with Gasteiger partial charge in [-0.25, -0.2) is 0 Å². The first-order chi connectivity index (χ1) is 7.06. The van der Waals surface area contributed by atoms with Gasteiger partial charge in [0.15, 0.2) is 0 Å². The van der Waals surface area contributed by atoms with Crippen molar-refractivity contribution in [2.45, 2.75) is 75.9 Å². The molecule has 0 bridgehead atoms. The van der Waals surface area contributed by atoms with Crippen LogP contribution in [-0.4, -0.2) is 16.2 Å². The molecule has 0 aromatic heterocycles. The molecule has 0 spiro atoms. The fourth-order valence-electron chi connectivity index (χ4n) is 3.39. The number of nitrogens with two attached hydrogens (primary N) is 1. The molecule has 2 nitrogen and oxygen atoms in total. The molecule has 2 fully saturated rings. The summed E-state index contributed by atoms with van der Waals surface area (Å²) in [6.07, 6.45) is 9.89. The molecule has 2 aliphatic rings. The zero-order chi connectivity index (χ0) is 10.9. The summed E-state index contributed by atoms with van der Waals surface area (Å²) in [4.78, 5) is 0. The van der Waals surface area contributed by atoms with Crippen molar-refractivity contribution in [2.75, 3.05) is 0 Å². The van der Waals surface area contributed by atoms with E-state index in [1.54, 1.807) is 0 Å². The van der Waals surface area contributed by atoms with Crippen LogP contribution in [0.15, 0.2) is 0 Å². The lowest BCUT2D eigenvalue weighted by Crippen LogP contribution is -2.62. The Balaban J connectivity index is 2.06. The first-order valence-corrected chi connectivity index (χ1v) is 6.57. The largest absolute Gasteiger partial charge is 0.388 e. The van der Waals surface area contributed by atoms with E-state index in [0.717, 1.165) is 44.4 Å². The highest BCUT2D eigenvalue weighted by Crippen LogP contribution is 2.44. The Morgan fingerprint density at radius 2 is 1.53 bits per heavy atom. The molecule has 0 atom stereocenters. The van der Waals surface area contributed by atoms with E-state index in [4.69, 9.17) is 5.73 Å². The van der Waals surface area contributed by atoms with Crippen LogP contribution >= 0.6 is 0 Å². The number of hydrogen-bond acceptors (Lipinski definition) is 2. The van der Waals surface area contributed by atoms with Crippen LogP contribution in [0.3, 0.4) is 0 Å². The van der Waals surface area contributed by atoms with Crippen molar-refractivity contribution in [1.29, 1.82) is 0 Å². The van der Waals surface area contributed by atoms with Gasteiger partial charge < -0.3 is 10.8 Å². The second-order valence-corrected chi connectivity index (χ2v) is 5.93. The summed E-state index contributed by atoms with van der Waals surface area (Å²) in [5.41, 5.74) is 5.64. The summed E-state index contributed by atoms with van der Waals surface area (Å²) in [5.74, 6) is 0.775. The Morgan fingerprint density at radius 3 is 2.07 bits per heavy atom. The molecule has 3 N–H and O–H groups in total. The third-order valence-corrected chi connectivity index (χ3v) is 4.77. The van der Waals surface area contributed by atoms with E-state index in [9.17, 15) is 5.11 Å². The number of hydrogen-bond donors (Lipinski definition) is 2. The Bertz CT molecular complexity index is 213. The van der Waals surface area contributed by atoms with Crippen molar-refractivity contribution in [3.8, 4) is 0 Å². The van der Waals surface area contributed by atoms with Crippen LogP contribution in [0.25, 0.3) is 0 Å². The topological polar surface area (TPSA) is 46.2 Å². The van der Waals surface area contributed by atoms with E-state index in [1.165, 1.54) is 19.3 Å². The highest BCUT2D eigenvalue weighted by atomic mass is 16.3. The van der Waals surface area contributed by atoms with Crippen molar-refractivity contribution < 1.29 is 5.11 Å². The lowest BCUT2D eigenvalue weighted by Gasteiger charge is -2.50. The van der Waals surface area contributed by atoms with E-state index in [1.807, 2.05) is 0 Å². The van der Waals surface area contributed by atoms with E-state index < -0.39 is 5.60 Å². The van der Waals surface area contributed by atoms with Crippen LogP contribution in [-0.2, 0) is 0 Å². The summed E-state index contributed by atoms with van der Waals surface area (Å²) in [7, 11) is 0. The first-order valence-electron chi connectivity index (χ1n) is 6.57. The zero-order valence-corrected chi connectivity index (χ0v) is 9.97. The molecule has 0 amide bonds. The molecule has 0 heterocycles. The Hall–Kier alpha value is -0.0800. The number of rotatable bonds is 1. The van der Waals surface area contributed by atoms with Gasteiger partial charge in [0.1, 0.15) is 0 Å². The van der Waals surface area contributed by atoms with Crippen molar-refractivity contribution in [3.05, 3.63) is 0 Å². The minimum Gasteiger partial charge on any atom is -0.388 e. The number of aliphatic hydroxyl groups is 1. The van der Waals surface area contributed by atoms with Crippen molar-refractivity contribution >= 4 is 0 Å². The molecule has 2 aliphatic carbocycles. The maximum absolute atomic E-state index is 10.7. The second-order valence-electron chi connectivity index (χ2n) is 5.93. The standard InChI is InChI=1S/C13H25NO/c1-11-5-9-13(15,10-6-11)12(14)7-3-2-4-8-12/h11,15H,2-10,14H2,1H3. The molecule has 2 heteroatoms. The van der Waals surface area contributed by atoms with Crippen molar-refractivity contribution in [3.63, 3.8) is 0 Å². The highest BCUT2D eigenvalue weighted by molar-refractivity contribution is 5.06. The van der Waals surface area contributed by atoms with Crippen LogP contribution in [0, 0.1) is 5.92 Å². The van der Waals surface area contributed by atoms with Gasteiger partial charge in [0.25, 0.3) is 0 Å². The molecule has 0 saturated heterocycles. The highest BCUT2D eigenvalue weighted by Gasteiger charge is 2.48. The monoisotopic (exact) mass is 211 g/mol. The molecule has 0 aliphatic heterocycles. The normalized spacial score (nSPS) is 41.4. The maximum atomic E-state index is 10.7. The Morgan fingerprint density at radius 1 is 1.00 bits per heavy atom. The van der Waals surface area contributed by atoms with Crippen LogP contribution in [0.2, 0.25) is 0 Å². The lowest BCUT2D eigenvalue weighted by molar-refractivity contribution is -0.0847. The average Bonchev–Trinajstić information content (AvgIpc) is 2.24. The molecule has 2 rings (SSSR count). The van der Waals surface area contributed by atoms with Gasteiger partial charge in [0.05, 0.1) is 5.60 Å². The molecular weight excluding hydrogens is 186 g/mol. The lowest BCUT2D eigenvalue weighted by atomic mass is 9.63. The fourth-order valence-corrected chi connectivity index (χ4v) is 3.39. The molecule has 88 valence electrons. The smallest absolute Gasteiger partial charge is 0.0826 e. The van der Waals surface area contributed by atoms with Gasteiger partial charge in [-0.2, -0.15) is 0 Å². The van der Waals surface area contributed by atoms with E-state index in [2.05, 4.69) is 6.92 Å². The summed E-state index contributed by atoms with van der Waals surface area (Å²) in [6, 6.07) is 0. The molecule has 2 saturated carbocycles. The van der Waals surface area contributed by atoms with Crippen LogP contribution in [0.1, 0.15) is 64.7 Å². The van der Waals surface area contributed by atoms with Crippen molar-refractivity contribution in [2.24, 2.45) is 11.7 Å².